The maximum absolute atomic E-state index is 13.1. The zero-order chi connectivity index (χ0) is 26.2. The third kappa shape index (κ3) is 4.86. The highest BCUT2D eigenvalue weighted by atomic mass is 16.1. The van der Waals surface area contributed by atoms with Gasteiger partial charge in [-0.2, -0.15) is 0 Å². The van der Waals surface area contributed by atoms with Crippen molar-refractivity contribution in [1.82, 2.24) is 19.8 Å². The first-order valence-corrected chi connectivity index (χ1v) is 13.4. The van der Waals surface area contributed by atoms with Gasteiger partial charge < -0.3 is 15.5 Å². The van der Waals surface area contributed by atoms with Crippen LogP contribution in [0.2, 0.25) is 0 Å². The molecule has 2 saturated heterocycles. The quantitative estimate of drug-likeness (QED) is 0.452. The third-order valence-corrected chi connectivity index (χ3v) is 8.35. The highest BCUT2D eigenvalue weighted by molar-refractivity contribution is 6.05. The average Bonchev–Trinajstić information content (AvgIpc) is 3.55. The van der Waals surface area contributed by atoms with Crippen LogP contribution in [0.25, 0.3) is 0 Å². The molecule has 3 heterocycles. The highest BCUT2D eigenvalue weighted by Crippen LogP contribution is 2.40. The summed E-state index contributed by atoms with van der Waals surface area (Å²) in [5.41, 5.74) is 6.77. The summed E-state index contributed by atoms with van der Waals surface area (Å²) in [5.74, 6) is 0.540. The van der Waals surface area contributed by atoms with E-state index in [0.717, 1.165) is 45.9 Å². The first kappa shape index (κ1) is 25.4. The van der Waals surface area contributed by atoms with Crippen molar-refractivity contribution in [3.8, 4) is 0 Å². The smallest absolute Gasteiger partial charge is 0.255 e. The SMILES string of the molecule is Cc1cc(C)nc(N(C)c2ccc(C(=O)Nc3ccc([N+]4(C5CCNC5)CCCC4C)cc3C)cc2)n1. The molecule has 1 aromatic heterocycles. The average molecular weight is 500 g/mol. The van der Waals surface area contributed by atoms with Crippen molar-refractivity contribution >= 4 is 28.9 Å². The van der Waals surface area contributed by atoms with Crippen LogP contribution >= 0.6 is 0 Å². The van der Waals surface area contributed by atoms with Crippen molar-refractivity contribution in [2.75, 3.05) is 36.9 Å². The number of aromatic nitrogens is 2. The second kappa shape index (κ2) is 10.2. The Kier molecular flexibility index (Phi) is 7.01. The molecule has 0 aliphatic carbocycles. The summed E-state index contributed by atoms with van der Waals surface area (Å²) < 4.78 is 1.07. The second-order valence-electron chi connectivity index (χ2n) is 10.8. The van der Waals surface area contributed by atoms with Gasteiger partial charge in [0.1, 0.15) is 11.7 Å². The molecule has 2 aliphatic heterocycles. The number of anilines is 3. The van der Waals surface area contributed by atoms with Gasteiger partial charge in [-0.1, -0.05) is 0 Å². The first-order chi connectivity index (χ1) is 17.8. The van der Waals surface area contributed by atoms with Crippen molar-refractivity contribution in [3.05, 3.63) is 71.0 Å². The number of nitrogens with one attached hydrogen (secondary N) is 2. The van der Waals surface area contributed by atoms with Crippen LogP contribution in [0.3, 0.4) is 0 Å². The standard InChI is InChI=1S/C30H38N6O/c1-20-17-26(36(16-6-7-23(36)4)27-14-15-31-19-27)12-13-28(20)34-29(37)24-8-10-25(11-9-24)35(5)30-32-21(2)18-22(3)33-30/h8-13,17-18,23,27,31H,6-7,14-16,19H2,1-5H3/p+1. The summed E-state index contributed by atoms with van der Waals surface area (Å²) in [6, 6.07) is 17.4. The van der Waals surface area contributed by atoms with Crippen LogP contribution in [0.4, 0.5) is 23.0 Å². The van der Waals surface area contributed by atoms with Crippen molar-refractivity contribution in [3.63, 3.8) is 0 Å². The summed E-state index contributed by atoms with van der Waals surface area (Å²) in [4.78, 5) is 24.1. The lowest BCUT2D eigenvalue weighted by atomic mass is 10.0. The Morgan fingerprint density at radius 3 is 2.35 bits per heavy atom. The number of hydrogen-bond donors (Lipinski definition) is 2. The minimum atomic E-state index is -0.105. The van der Waals surface area contributed by atoms with Crippen LogP contribution in [0.1, 0.15) is 53.5 Å². The highest BCUT2D eigenvalue weighted by Gasteiger charge is 2.48. The molecule has 3 unspecified atom stereocenters. The van der Waals surface area contributed by atoms with E-state index in [2.05, 4.69) is 52.6 Å². The zero-order valence-electron chi connectivity index (χ0n) is 22.7. The molecular formula is C30H39N6O+. The van der Waals surface area contributed by atoms with Crippen molar-refractivity contribution in [2.24, 2.45) is 0 Å². The fourth-order valence-electron chi connectivity index (χ4n) is 6.32. The molecule has 2 aliphatic rings. The molecule has 2 N–H and O–H groups in total. The number of carbonyl (C=O) groups is 1. The normalized spacial score (nSPS) is 23.3. The van der Waals surface area contributed by atoms with Gasteiger partial charge in [0.25, 0.3) is 5.91 Å². The van der Waals surface area contributed by atoms with E-state index >= 15 is 0 Å². The topological polar surface area (TPSA) is 70.2 Å². The molecule has 0 radical (unpaired) electrons. The summed E-state index contributed by atoms with van der Waals surface area (Å²) >= 11 is 0. The van der Waals surface area contributed by atoms with Crippen molar-refractivity contribution in [2.45, 2.75) is 59.0 Å². The van der Waals surface area contributed by atoms with Crippen LogP contribution in [-0.4, -0.2) is 54.6 Å². The lowest BCUT2D eigenvalue weighted by Gasteiger charge is -2.43. The largest absolute Gasteiger partial charge is 0.322 e. The number of rotatable bonds is 6. The predicted octanol–water partition coefficient (Wildman–Crippen LogP) is 5.27. The van der Waals surface area contributed by atoms with Gasteiger partial charge in [0.2, 0.25) is 5.95 Å². The number of amides is 1. The van der Waals surface area contributed by atoms with Crippen molar-refractivity contribution < 1.29 is 4.79 Å². The van der Waals surface area contributed by atoms with Gasteiger partial charge in [-0.3, -0.25) is 9.28 Å². The van der Waals surface area contributed by atoms with E-state index in [1.54, 1.807) is 0 Å². The molecule has 1 amide bonds. The number of nitrogens with zero attached hydrogens (tertiary/aromatic N) is 4. The fourth-order valence-corrected chi connectivity index (χ4v) is 6.32. The lowest BCUT2D eigenvalue weighted by molar-refractivity contribution is 0.102. The minimum Gasteiger partial charge on any atom is -0.322 e. The Labute approximate surface area is 220 Å². The Balaban J connectivity index is 1.32. The molecule has 3 aromatic rings. The van der Waals surface area contributed by atoms with E-state index in [-0.39, 0.29) is 5.91 Å². The molecule has 0 bridgehead atoms. The molecule has 3 atom stereocenters. The molecule has 0 saturated carbocycles. The van der Waals surface area contributed by atoms with E-state index in [1.807, 2.05) is 56.1 Å². The summed E-state index contributed by atoms with van der Waals surface area (Å²) in [5, 5.41) is 6.71. The monoisotopic (exact) mass is 499 g/mol. The third-order valence-electron chi connectivity index (χ3n) is 8.35. The maximum atomic E-state index is 13.1. The van der Waals surface area contributed by atoms with Gasteiger partial charge in [0, 0.05) is 79.9 Å². The predicted molar refractivity (Wildman–Crippen MR) is 152 cm³/mol. The van der Waals surface area contributed by atoms with Gasteiger partial charge in [-0.25, -0.2) is 9.97 Å². The van der Waals surface area contributed by atoms with Crippen LogP contribution < -0.4 is 20.0 Å². The Morgan fingerprint density at radius 1 is 1.03 bits per heavy atom. The number of likely N-dealkylation sites (tertiary alicyclic amines) is 1. The molecule has 2 aromatic carbocycles. The summed E-state index contributed by atoms with van der Waals surface area (Å²) in [6.07, 6.45) is 3.77. The van der Waals surface area contributed by atoms with Crippen LogP contribution in [0, 0.1) is 20.8 Å². The van der Waals surface area contributed by atoms with E-state index in [4.69, 9.17) is 0 Å². The van der Waals surface area contributed by atoms with Crippen LogP contribution in [0.5, 0.6) is 0 Å². The number of carbonyl (C=O) groups excluding carboxylic acids is 1. The molecule has 2 fully saturated rings. The lowest BCUT2D eigenvalue weighted by Crippen LogP contribution is -2.59. The Morgan fingerprint density at radius 2 is 1.76 bits per heavy atom. The number of benzene rings is 2. The molecule has 7 heteroatoms. The molecule has 37 heavy (non-hydrogen) atoms. The number of quaternary nitrogens is 1. The Hall–Kier alpha value is -3.29. The second-order valence-corrected chi connectivity index (χ2v) is 10.8. The molecule has 7 nitrogen and oxygen atoms in total. The molecule has 0 spiro atoms. The van der Waals surface area contributed by atoms with Gasteiger partial charge in [0.15, 0.2) is 0 Å². The van der Waals surface area contributed by atoms with E-state index in [9.17, 15) is 4.79 Å². The van der Waals surface area contributed by atoms with Crippen LogP contribution in [-0.2, 0) is 0 Å². The summed E-state index contributed by atoms with van der Waals surface area (Å²) in [6.45, 7) is 11.8. The van der Waals surface area contributed by atoms with E-state index in [1.165, 1.54) is 31.5 Å². The maximum Gasteiger partial charge on any atom is 0.255 e. The molecule has 194 valence electrons. The van der Waals surface area contributed by atoms with E-state index < -0.39 is 0 Å². The minimum absolute atomic E-state index is 0.105. The van der Waals surface area contributed by atoms with Gasteiger partial charge >= 0.3 is 0 Å². The van der Waals surface area contributed by atoms with Gasteiger partial charge in [-0.15, -0.1) is 0 Å². The molecule has 5 rings (SSSR count). The number of hydrogen-bond acceptors (Lipinski definition) is 5. The zero-order valence-corrected chi connectivity index (χ0v) is 22.7. The van der Waals surface area contributed by atoms with Crippen LogP contribution in [0.15, 0.2) is 48.5 Å². The van der Waals surface area contributed by atoms with Crippen molar-refractivity contribution in [1.29, 1.82) is 0 Å². The van der Waals surface area contributed by atoms with Gasteiger partial charge in [-0.05, 0) is 69.7 Å². The van der Waals surface area contributed by atoms with Gasteiger partial charge in [0.05, 0.1) is 12.6 Å². The number of aryl methyl sites for hydroxylation is 3. The first-order valence-electron chi connectivity index (χ1n) is 13.4. The summed E-state index contributed by atoms with van der Waals surface area (Å²) in [7, 11) is 1.94. The fraction of sp³-hybridized carbons (Fsp3) is 0.433. The molecular weight excluding hydrogens is 460 g/mol. The van der Waals surface area contributed by atoms with E-state index in [0.29, 0.717) is 23.6 Å². The Bertz CT molecular complexity index is 1260.